The second-order valence-corrected chi connectivity index (χ2v) is 6.82. The summed E-state index contributed by atoms with van der Waals surface area (Å²) in [5.41, 5.74) is 4.90. The van der Waals surface area contributed by atoms with Gasteiger partial charge in [0, 0.05) is 31.9 Å². The summed E-state index contributed by atoms with van der Waals surface area (Å²) in [6.07, 6.45) is 0.429. The summed E-state index contributed by atoms with van der Waals surface area (Å²) in [6.45, 7) is 0.801. The van der Waals surface area contributed by atoms with E-state index in [1.165, 1.54) is 17.0 Å². The minimum Gasteiger partial charge on any atom is -0.366 e. The Hall–Kier alpha value is -2.24. The Morgan fingerprint density at radius 2 is 1.88 bits per heavy atom. The van der Waals surface area contributed by atoms with Crippen LogP contribution in [0.15, 0.2) is 18.2 Å². The molecule has 0 radical (unpaired) electrons. The maximum absolute atomic E-state index is 13.7. The molecule has 0 atom stereocenters. The van der Waals surface area contributed by atoms with Gasteiger partial charge < -0.3 is 16.0 Å². The van der Waals surface area contributed by atoms with Gasteiger partial charge in [-0.3, -0.25) is 4.79 Å². The molecule has 9 nitrogen and oxygen atoms in total. The summed E-state index contributed by atoms with van der Waals surface area (Å²) < 4.78 is 37.5. The van der Waals surface area contributed by atoms with E-state index in [1.54, 1.807) is 0 Å². The minimum absolute atomic E-state index is 0.0846. The number of primary amides is 1. The molecule has 0 bridgehead atoms. The fourth-order valence-corrected chi connectivity index (χ4v) is 3.07. The second-order valence-electron chi connectivity index (χ2n) is 5.27. The highest BCUT2D eigenvalue weighted by Gasteiger charge is 2.24. The molecule has 0 spiro atoms. The van der Waals surface area contributed by atoms with E-state index in [4.69, 9.17) is 10.9 Å². The predicted octanol–water partition coefficient (Wildman–Crippen LogP) is -0.332. The minimum atomic E-state index is -3.79. The van der Waals surface area contributed by atoms with Crippen LogP contribution >= 0.6 is 0 Å². The molecule has 0 unspecified atom stereocenters. The highest BCUT2D eigenvalue weighted by molar-refractivity contribution is 7.86. The van der Waals surface area contributed by atoms with Crippen LogP contribution in [0, 0.1) is 5.82 Å². The van der Waals surface area contributed by atoms with E-state index in [2.05, 4.69) is 5.32 Å². The fourth-order valence-electron chi connectivity index (χ4n) is 2.35. The van der Waals surface area contributed by atoms with Gasteiger partial charge in [-0.1, -0.05) is 0 Å². The van der Waals surface area contributed by atoms with Crippen molar-refractivity contribution < 1.29 is 22.4 Å². The number of rotatable bonds is 3. The average Bonchev–Trinajstić information content (AvgIpc) is 2.72. The van der Waals surface area contributed by atoms with Gasteiger partial charge in [-0.15, -0.1) is 0 Å². The zero-order valence-corrected chi connectivity index (χ0v) is 13.6. The second kappa shape index (κ2) is 7.11. The lowest BCUT2D eigenvalue weighted by Crippen LogP contribution is -2.41. The summed E-state index contributed by atoms with van der Waals surface area (Å²) in [5, 5.41) is 7.58. The number of urea groups is 1. The number of benzene rings is 1. The number of nitrogens with zero attached hydrogens (tertiary/aromatic N) is 2. The largest absolute Gasteiger partial charge is 0.366 e. The monoisotopic (exact) mass is 359 g/mol. The number of anilines is 1. The molecule has 1 aliphatic rings. The summed E-state index contributed by atoms with van der Waals surface area (Å²) in [6, 6.07) is 3.03. The highest BCUT2D eigenvalue weighted by atomic mass is 32.2. The number of carbonyl (C=O) groups excluding carboxylic acids is 2. The normalized spacial score (nSPS) is 16.5. The lowest BCUT2D eigenvalue weighted by Gasteiger charge is -2.21. The van der Waals surface area contributed by atoms with Crippen LogP contribution in [0.3, 0.4) is 0 Å². The molecule has 1 fully saturated rings. The zero-order valence-electron chi connectivity index (χ0n) is 12.7. The number of amides is 3. The quantitative estimate of drug-likeness (QED) is 0.680. The third-order valence-electron chi connectivity index (χ3n) is 3.59. The highest BCUT2D eigenvalue weighted by Crippen LogP contribution is 2.15. The smallest absolute Gasteiger partial charge is 0.321 e. The van der Waals surface area contributed by atoms with Crippen molar-refractivity contribution in [2.75, 3.05) is 31.5 Å². The Morgan fingerprint density at radius 1 is 1.17 bits per heavy atom. The molecule has 0 saturated carbocycles. The zero-order chi connectivity index (χ0) is 17.9. The van der Waals surface area contributed by atoms with E-state index < -0.39 is 28.0 Å². The molecule has 1 aromatic carbocycles. The summed E-state index contributed by atoms with van der Waals surface area (Å²) >= 11 is 0. The van der Waals surface area contributed by atoms with E-state index in [9.17, 15) is 22.4 Å². The molecule has 3 amide bonds. The van der Waals surface area contributed by atoms with Crippen molar-refractivity contribution in [1.82, 2.24) is 9.21 Å². The maximum atomic E-state index is 13.7. The van der Waals surface area contributed by atoms with Crippen LogP contribution in [-0.4, -0.2) is 55.7 Å². The van der Waals surface area contributed by atoms with Crippen LogP contribution in [0.1, 0.15) is 16.8 Å². The number of hydrogen-bond donors (Lipinski definition) is 3. The third kappa shape index (κ3) is 4.40. The fraction of sp³-hybridized carbons (Fsp3) is 0.385. The first-order valence-electron chi connectivity index (χ1n) is 7.11. The van der Waals surface area contributed by atoms with Gasteiger partial charge >= 0.3 is 6.03 Å². The van der Waals surface area contributed by atoms with Crippen LogP contribution in [-0.2, 0) is 10.2 Å². The summed E-state index contributed by atoms with van der Waals surface area (Å²) in [4.78, 5) is 24.6. The van der Waals surface area contributed by atoms with Crippen LogP contribution in [0.2, 0.25) is 0 Å². The van der Waals surface area contributed by atoms with Crippen molar-refractivity contribution in [2.24, 2.45) is 10.9 Å². The molecule has 1 aliphatic heterocycles. The number of nitrogens with one attached hydrogen (secondary N) is 1. The lowest BCUT2D eigenvalue weighted by atomic mass is 10.2. The molecule has 1 aromatic rings. The van der Waals surface area contributed by atoms with Gasteiger partial charge in [-0.05, 0) is 24.6 Å². The van der Waals surface area contributed by atoms with Gasteiger partial charge in [0.1, 0.15) is 5.82 Å². The van der Waals surface area contributed by atoms with Crippen molar-refractivity contribution in [3.8, 4) is 0 Å². The number of halogens is 1. The Balaban J connectivity index is 2.02. The SMILES string of the molecule is NC(=O)c1ccc(NC(=O)N2CCCN(S(N)(=O)=O)CC2)cc1F. The van der Waals surface area contributed by atoms with Gasteiger partial charge in [-0.2, -0.15) is 12.7 Å². The molecule has 0 aromatic heterocycles. The van der Waals surface area contributed by atoms with E-state index in [1.807, 2.05) is 0 Å². The van der Waals surface area contributed by atoms with Crippen LogP contribution < -0.4 is 16.2 Å². The van der Waals surface area contributed by atoms with Gasteiger partial charge in [0.15, 0.2) is 0 Å². The first-order valence-corrected chi connectivity index (χ1v) is 8.62. The Bertz CT molecular complexity index is 755. The van der Waals surface area contributed by atoms with Gasteiger partial charge in [-0.25, -0.2) is 14.3 Å². The molecule has 11 heteroatoms. The summed E-state index contributed by atoms with van der Waals surface area (Å²) in [5.74, 6) is -1.74. The predicted molar refractivity (Wildman–Crippen MR) is 84.8 cm³/mol. The Labute approximate surface area is 138 Å². The first-order chi connectivity index (χ1) is 11.2. The van der Waals surface area contributed by atoms with Gasteiger partial charge in [0.2, 0.25) is 0 Å². The molecule has 2 rings (SSSR count). The van der Waals surface area contributed by atoms with Gasteiger partial charge in [0.25, 0.3) is 16.1 Å². The van der Waals surface area contributed by atoms with E-state index in [0.29, 0.717) is 13.0 Å². The van der Waals surface area contributed by atoms with E-state index in [0.717, 1.165) is 10.4 Å². The molecular formula is C13H18FN5O4S. The Morgan fingerprint density at radius 3 is 2.46 bits per heavy atom. The average molecular weight is 359 g/mol. The first kappa shape index (κ1) is 18.1. The topological polar surface area (TPSA) is 139 Å². The van der Waals surface area contributed by atoms with Crippen LogP contribution in [0.4, 0.5) is 14.9 Å². The molecule has 1 heterocycles. The lowest BCUT2D eigenvalue weighted by molar-refractivity contribution is 0.0996. The van der Waals surface area contributed by atoms with Gasteiger partial charge in [0.05, 0.1) is 5.56 Å². The molecule has 5 N–H and O–H groups in total. The van der Waals surface area contributed by atoms with Crippen molar-refractivity contribution in [3.63, 3.8) is 0 Å². The van der Waals surface area contributed by atoms with E-state index in [-0.39, 0.29) is 30.9 Å². The van der Waals surface area contributed by atoms with E-state index >= 15 is 0 Å². The molecule has 24 heavy (non-hydrogen) atoms. The molecule has 1 saturated heterocycles. The van der Waals surface area contributed by atoms with Crippen molar-refractivity contribution in [3.05, 3.63) is 29.6 Å². The van der Waals surface area contributed by atoms with Crippen molar-refractivity contribution >= 4 is 27.8 Å². The maximum Gasteiger partial charge on any atom is 0.321 e. The third-order valence-corrected chi connectivity index (χ3v) is 4.67. The molecule has 0 aliphatic carbocycles. The van der Waals surface area contributed by atoms with Crippen LogP contribution in [0.25, 0.3) is 0 Å². The van der Waals surface area contributed by atoms with Crippen LogP contribution in [0.5, 0.6) is 0 Å². The number of hydrogen-bond acceptors (Lipinski definition) is 4. The molecule has 132 valence electrons. The van der Waals surface area contributed by atoms with Crippen molar-refractivity contribution in [2.45, 2.75) is 6.42 Å². The van der Waals surface area contributed by atoms with Crippen molar-refractivity contribution in [1.29, 1.82) is 0 Å². The Kier molecular flexibility index (Phi) is 5.36. The number of nitrogens with two attached hydrogens (primary N) is 2. The standard InChI is InChI=1S/C13H18FN5O4S/c14-11-8-9(2-3-10(11)12(15)20)17-13(21)18-4-1-5-19(7-6-18)24(16,22)23/h2-3,8H,1,4-7H2,(H2,15,20)(H,17,21)(H2,16,22,23). The molecular weight excluding hydrogens is 341 g/mol. The number of carbonyl (C=O) groups is 2. The summed E-state index contributed by atoms with van der Waals surface area (Å²) in [7, 11) is -3.79.